The zero-order valence-corrected chi connectivity index (χ0v) is 19.8. The number of anilines is 1. The van der Waals surface area contributed by atoms with E-state index in [1.54, 1.807) is 6.07 Å². The number of amides is 1. The predicted octanol–water partition coefficient (Wildman–Crippen LogP) is 2.44. The summed E-state index contributed by atoms with van der Waals surface area (Å²) in [6.45, 7) is 4.54. The largest absolute Gasteiger partial charge is 0.495 e. The minimum absolute atomic E-state index is 0.0575. The molecule has 1 fully saturated rings. The quantitative estimate of drug-likeness (QED) is 0.575. The third kappa shape index (κ3) is 5.47. The molecule has 0 bridgehead atoms. The molecule has 0 spiro atoms. The van der Waals surface area contributed by atoms with E-state index in [2.05, 4.69) is 5.32 Å². The van der Waals surface area contributed by atoms with Crippen LogP contribution in [0, 0.1) is 6.92 Å². The maximum absolute atomic E-state index is 13.0. The molecule has 3 rings (SSSR count). The Morgan fingerprint density at radius 1 is 1.22 bits per heavy atom. The van der Waals surface area contributed by atoms with Crippen LogP contribution in [0.2, 0.25) is 0 Å². The van der Waals surface area contributed by atoms with Gasteiger partial charge in [0.1, 0.15) is 15.5 Å². The van der Waals surface area contributed by atoms with E-state index in [1.165, 1.54) is 41.0 Å². The maximum Gasteiger partial charge on any atom is 0.348 e. The molecular formula is C21H26N2O7S2. The first-order valence-electron chi connectivity index (χ1n) is 10.1. The third-order valence-corrected chi connectivity index (χ3v) is 7.96. The normalized spacial score (nSPS) is 14.7. The molecule has 1 aromatic heterocycles. The molecular weight excluding hydrogens is 456 g/mol. The number of sulfonamides is 1. The van der Waals surface area contributed by atoms with Crippen LogP contribution in [0.5, 0.6) is 5.75 Å². The fraction of sp³-hybridized carbons (Fsp3) is 0.429. The summed E-state index contributed by atoms with van der Waals surface area (Å²) in [4.78, 5) is 25.9. The minimum atomic E-state index is -3.84. The lowest BCUT2D eigenvalue weighted by atomic mass is 10.2. The fourth-order valence-electron chi connectivity index (χ4n) is 3.25. The van der Waals surface area contributed by atoms with Gasteiger partial charge in [0.2, 0.25) is 10.0 Å². The van der Waals surface area contributed by atoms with Gasteiger partial charge in [0, 0.05) is 23.7 Å². The number of carbonyl (C=O) groups is 2. The van der Waals surface area contributed by atoms with Crippen LogP contribution < -0.4 is 10.1 Å². The molecule has 9 nitrogen and oxygen atoms in total. The van der Waals surface area contributed by atoms with Gasteiger partial charge in [-0.25, -0.2) is 13.2 Å². The van der Waals surface area contributed by atoms with Crippen molar-refractivity contribution in [3.05, 3.63) is 39.6 Å². The Morgan fingerprint density at radius 3 is 2.56 bits per heavy atom. The van der Waals surface area contributed by atoms with Crippen molar-refractivity contribution in [3.63, 3.8) is 0 Å². The molecule has 0 radical (unpaired) electrons. The van der Waals surface area contributed by atoms with E-state index in [1.807, 2.05) is 13.8 Å². The number of carbonyl (C=O) groups excluding carboxylic acids is 2. The van der Waals surface area contributed by atoms with Gasteiger partial charge in [-0.1, -0.05) is 6.92 Å². The van der Waals surface area contributed by atoms with Crippen LogP contribution in [0.15, 0.2) is 29.2 Å². The highest BCUT2D eigenvalue weighted by Gasteiger charge is 2.29. The number of nitrogens with zero attached hydrogens (tertiary/aromatic N) is 1. The number of hydrogen-bond donors (Lipinski definition) is 1. The highest BCUT2D eigenvalue weighted by Crippen LogP contribution is 2.30. The van der Waals surface area contributed by atoms with Crippen molar-refractivity contribution in [1.82, 2.24) is 4.31 Å². The van der Waals surface area contributed by atoms with Crippen LogP contribution in [-0.2, 0) is 30.7 Å². The van der Waals surface area contributed by atoms with E-state index in [0.29, 0.717) is 18.1 Å². The Bertz CT molecular complexity index is 1090. The molecule has 1 aliphatic rings. The molecule has 1 aromatic carbocycles. The molecule has 11 heteroatoms. The number of methoxy groups -OCH3 is 1. The molecule has 0 unspecified atom stereocenters. The summed E-state index contributed by atoms with van der Waals surface area (Å²) in [7, 11) is -2.46. The van der Waals surface area contributed by atoms with Gasteiger partial charge in [0.05, 0.1) is 20.3 Å². The van der Waals surface area contributed by atoms with E-state index in [0.717, 1.165) is 16.9 Å². The zero-order chi connectivity index (χ0) is 23.3. The average molecular weight is 483 g/mol. The molecule has 1 amide bonds. The molecule has 1 N–H and O–H groups in total. The van der Waals surface area contributed by atoms with Crippen LogP contribution in [0.25, 0.3) is 0 Å². The second kappa shape index (κ2) is 10.4. The lowest BCUT2D eigenvalue weighted by molar-refractivity contribution is -0.119. The molecule has 0 atom stereocenters. The maximum atomic E-state index is 13.0. The fourth-order valence-corrected chi connectivity index (χ4v) is 5.85. The van der Waals surface area contributed by atoms with Crippen molar-refractivity contribution < 1.29 is 32.2 Å². The monoisotopic (exact) mass is 482 g/mol. The number of esters is 1. The van der Waals surface area contributed by atoms with Gasteiger partial charge in [-0.2, -0.15) is 4.31 Å². The van der Waals surface area contributed by atoms with E-state index in [4.69, 9.17) is 14.2 Å². The number of nitrogens with one attached hydrogen (secondary N) is 1. The van der Waals surface area contributed by atoms with Crippen LogP contribution in [-0.4, -0.2) is 64.6 Å². The van der Waals surface area contributed by atoms with Gasteiger partial charge in [-0.15, -0.1) is 11.3 Å². The predicted molar refractivity (Wildman–Crippen MR) is 120 cm³/mol. The van der Waals surface area contributed by atoms with Gasteiger partial charge in [0.15, 0.2) is 6.61 Å². The number of aryl methyl sites for hydroxylation is 2. The van der Waals surface area contributed by atoms with E-state index in [-0.39, 0.29) is 29.4 Å². The van der Waals surface area contributed by atoms with Gasteiger partial charge in [-0.3, -0.25) is 4.79 Å². The lowest BCUT2D eigenvalue weighted by Crippen LogP contribution is -2.40. The van der Waals surface area contributed by atoms with Gasteiger partial charge < -0.3 is 19.5 Å². The molecule has 174 valence electrons. The van der Waals surface area contributed by atoms with Gasteiger partial charge in [-0.05, 0) is 43.2 Å². The van der Waals surface area contributed by atoms with Crippen molar-refractivity contribution >= 4 is 38.9 Å². The second-order valence-corrected chi connectivity index (χ2v) is 10.2. The molecule has 1 aliphatic heterocycles. The molecule has 2 aromatic rings. The number of ether oxygens (including phenoxy) is 3. The Morgan fingerprint density at radius 2 is 1.94 bits per heavy atom. The van der Waals surface area contributed by atoms with Crippen molar-refractivity contribution in [2.45, 2.75) is 25.2 Å². The van der Waals surface area contributed by atoms with E-state index < -0.39 is 28.5 Å². The number of thiophene rings is 1. The van der Waals surface area contributed by atoms with Crippen LogP contribution >= 0.6 is 11.3 Å². The third-order valence-electron chi connectivity index (χ3n) is 4.97. The molecule has 0 saturated carbocycles. The van der Waals surface area contributed by atoms with E-state index in [9.17, 15) is 18.0 Å². The molecule has 1 saturated heterocycles. The van der Waals surface area contributed by atoms with Crippen molar-refractivity contribution in [1.29, 1.82) is 0 Å². The first-order chi connectivity index (χ1) is 15.3. The summed E-state index contributed by atoms with van der Waals surface area (Å²) in [5, 5.41) is 2.57. The standard InChI is InChI=1S/C21H26N2O7S2/c1-4-15-11-18(31-14(15)2)21(25)30-13-20(24)22-16-5-6-17(28-3)19(12-16)32(26,27)23-7-9-29-10-8-23/h5-6,11-12H,4,7-10,13H2,1-3H3,(H,22,24). The Hall–Kier alpha value is -2.47. The van der Waals surface area contributed by atoms with Gasteiger partial charge in [0.25, 0.3) is 5.91 Å². The number of rotatable bonds is 8. The lowest BCUT2D eigenvalue weighted by Gasteiger charge is -2.26. The van der Waals surface area contributed by atoms with E-state index >= 15 is 0 Å². The summed E-state index contributed by atoms with van der Waals surface area (Å²) >= 11 is 1.32. The SMILES string of the molecule is CCc1cc(C(=O)OCC(=O)Nc2ccc(OC)c(S(=O)(=O)N3CCOCC3)c2)sc1C. The Kier molecular flexibility index (Phi) is 7.88. The van der Waals surface area contributed by atoms with Crippen LogP contribution in [0.1, 0.15) is 27.0 Å². The number of morpholine rings is 1. The van der Waals surface area contributed by atoms with Crippen LogP contribution in [0.4, 0.5) is 5.69 Å². The first-order valence-corrected chi connectivity index (χ1v) is 12.3. The molecule has 32 heavy (non-hydrogen) atoms. The summed E-state index contributed by atoms with van der Waals surface area (Å²) < 4.78 is 42.9. The van der Waals surface area contributed by atoms with Crippen molar-refractivity contribution in [3.8, 4) is 5.75 Å². The summed E-state index contributed by atoms with van der Waals surface area (Å²) in [6, 6.07) is 6.09. The number of benzene rings is 1. The second-order valence-electron chi connectivity index (χ2n) is 7.05. The van der Waals surface area contributed by atoms with Crippen molar-refractivity contribution in [2.75, 3.05) is 45.3 Å². The number of hydrogen-bond acceptors (Lipinski definition) is 8. The van der Waals surface area contributed by atoms with Crippen molar-refractivity contribution in [2.24, 2.45) is 0 Å². The summed E-state index contributed by atoms with van der Waals surface area (Å²) in [5.74, 6) is -0.985. The topological polar surface area (TPSA) is 111 Å². The molecule has 2 heterocycles. The summed E-state index contributed by atoms with van der Waals surface area (Å²) in [6.07, 6.45) is 0.809. The smallest absolute Gasteiger partial charge is 0.348 e. The Labute approximate surface area is 191 Å². The van der Waals surface area contributed by atoms with Gasteiger partial charge >= 0.3 is 5.97 Å². The highest BCUT2D eigenvalue weighted by atomic mass is 32.2. The average Bonchev–Trinajstić information content (AvgIpc) is 3.18. The minimum Gasteiger partial charge on any atom is -0.495 e. The first kappa shape index (κ1) is 24.2. The van der Waals surface area contributed by atoms with Crippen LogP contribution in [0.3, 0.4) is 0 Å². The molecule has 0 aliphatic carbocycles. The Balaban J connectivity index is 1.68. The summed E-state index contributed by atoms with van der Waals surface area (Å²) in [5.41, 5.74) is 1.32. The zero-order valence-electron chi connectivity index (χ0n) is 18.2. The highest BCUT2D eigenvalue weighted by molar-refractivity contribution is 7.89.